The predicted octanol–water partition coefficient (Wildman–Crippen LogP) is 4.75. The Kier molecular flexibility index (Phi) is 3.37. The maximum atomic E-state index is 6.31. The van der Waals surface area contributed by atoms with Gasteiger partial charge in [0.1, 0.15) is 11.5 Å². The quantitative estimate of drug-likeness (QED) is 0.393. The summed E-state index contributed by atoms with van der Waals surface area (Å²) >= 11 is 0. The number of fused-ring (bicyclic) bond motifs is 2. The van der Waals surface area contributed by atoms with Gasteiger partial charge < -0.3 is 13.9 Å². The second-order valence-corrected chi connectivity index (χ2v) is 6.52. The van der Waals surface area contributed by atoms with Gasteiger partial charge in [0.2, 0.25) is 6.33 Å². The molecule has 1 aliphatic rings. The molecule has 3 heteroatoms. The van der Waals surface area contributed by atoms with Crippen LogP contribution in [0.2, 0.25) is 0 Å². The van der Waals surface area contributed by atoms with E-state index in [0.29, 0.717) is 5.92 Å². The standard InChI is InChI=1S/C20H22N2O/c1-4-5-12-21-13-22-17-10-6-8-15(14(2)3)20(17)23-18-11-7-9-16(21)19(18)22/h6-11,14H,4-5,12H2,1-3H3. The van der Waals surface area contributed by atoms with Gasteiger partial charge in [-0.25, -0.2) is 0 Å². The Morgan fingerprint density at radius 1 is 1.17 bits per heavy atom. The topological polar surface area (TPSA) is 18.0 Å². The van der Waals surface area contributed by atoms with Crippen LogP contribution in [0, 0.1) is 6.33 Å². The molecule has 0 saturated heterocycles. The molecular formula is C20H22N2O. The normalized spacial score (nSPS) is 12.5. The van der Waals surface area contributed by atoms with Crippen LogP contribution in [0.1, 0.15) is 45.1 Å². The average Bonchev–Trinajstić information content (AvgIpc) is 2.93. The van der Waals surface area contributed by atoms with Crippen LogP contribution in [-0.2, 0) is 6.54 Å². The second-order valence-electron chi connectivity index (χ2n) is 6.52. The Morgan fingerprint density at radius 3 is 2.78 bits per heavy atom. The van der Waals surface area contributed by atoms with Crippen LogP contribution < -0.4 is 9.30 Å². The van der Waals surface area contributed by atoms with E-state index in [2.05, 4.69) is 72.6 Å². The largest absolute Gasteiger partial charge is 0.469 e. The molecule has 0 amide bonds. The first-order valence-electron chi connectivity index (χ1n) is 8.48. The highest BCUT2D eigenvalue weighted by Gasteiger charge is 2.24. The number of aromatic nitrogens is 2. The summed E-state index contributed by atoms with van der Waals surface area (Å²) in [5.41, 5.74) is 4.65. The van der Waals surface area contributed by atoms with Crippen molar-refractivity contribution in [1.29, 1.82) is 0 Å². The molecule has 0 unspecified atom stereocenters. The molecule has 0 fully saturated rings. The number of para-hydroxylation sites is 2. The SMILES string of the molecule is CCCCn1[c-][n+]2c3c(cccc31)Oc1c(C(C)C)cccc1-2. The number of nitrogens with zero attached hydrogens (tertiary/aromatic N) is 2. The van der Waals surface area contributed by atoms with E-state index in [4.69, 9.17) is 4.74 Å². The van der Waals surface area contributed by atoms with Gasteiger partial charge in [0.05, 0.1) is 23.3 Å². The summed E-state index contributed by atoms with van der Waals surface area (Å²) in [7, 11) is 0. The fourth-order valence-corrected chi connectivity index (χ4v) is 3.32. The van der Waals surface area contributed by atoms with Gasteiger partial charge in [-0.3, -0.25) is 0 Å². The lowest BCUT2D eigenvalue weighted by Gasteiger charge is -2.24. The molecule has 23 heavy (non-hydrogen) atoms. The summed E-state index contributed by atoms with van der Waals surface area (Å²) < 4.78 is 10.7. The van der Waals surface area contributed by atoms with E-state index in [0.717, 1.165) is 35.7 Å². The number of hydrogen-bond donors (Lipinski definition) is 0. The van der Waals surface area contributed by atoms with E-state index in [1.165, 1.54) is 17.5 Å². The molecule has 3 nitrogen and oxygen atoms in total. The summed E-state index contributed by atoms with van der Waals surface area (Å²) in [6.45, 7) is 7.62. The molecule has 0 saturated carbocycles. The van der Waals surface area contributed by atoms with Crippen LogP contribution in [0.25, 0.3) is 16.7 Å². The first-order valence-corrected chi connectivity index (χ1v) is 8.48. The molecule has 2 heterocycles. The van der Waals surface area contributed by atoms with E-state index in [9.17, 15) is 0 Å². The molecule has 0 atom stereocenters. The van der Waals surface area contributed by atoms with Crippen LogP contribution in [0.5, 0.6) is 11.5 Å². The number of aryl methyl sites for hydroxylation is 1. The summed E-state index contributed by atoms with van der Waals surface area (Å²) in [6, 6.07) is 12.7. The summed E-state index contributed by atoms with van der Waals surface area (Å²) in [5, 5.41) is 0. The van der Waals surface area contributed by atoms with Crippen molar-refractivity contribution in [1.82, 2.24) is 4.57 Å². The van der Waals surface area contributed by atoms with Crippen molar-refractivity contribution in [2.45, 2.75) is 46.1 Å². The molecule has 2 aromatic carbocycles. The number of hydrogen-bond acceptors (Lipinski definition) is 1. The third-order valence-corrected chi connectivity index (χ3v) is 4.55. The number of unbranched alkanes of at least 4 members (excludes halogenated alkanes) is 1. The first-order chi connectivity index (χ1) is 11.2. The maximum Gasteiger partial charge on any atom is 0.244 e. The molecule has 0 N–H and O–H groups in total. The van der Waals surface area contributed by atoms with Crippen LogP contribution in [-0.4, -0.2) is 4.57 Å². The lowest BCUT2D eigenvalue weighted by atomic mass is 10.0. The first kappa shape index (κ1) is 14.3. The zero-order chi connectivity index (χ0) is 16.0. The molecule has 1 aromatic heterocycles. The van der Waals surface area contributed by atoms with Crippen molar-refractivity contribution in [2.24, 2.45) is 0 Å². The second kappa shape index (κ2) is 5.41. The van der Waals surface area contributed by atoms with Gasteiger partial charge >= 0.3 is 0 Å². The molecule has 3 aromatic rings. The molecular weight excluding hydrogens is 284 g/mol. The van der Waals surface area contributed by atoms with E-state index < -0.39 is 0 Å². The Labute approximate surface area is 137 Å². The minimum absolute atomic E-state index is 0.425. The van der Waals surface area contributed by atoms with Crippen LogP contribution in [0.3, 0.4) is 0 Å². The van der Waals surface area contributed by atoms with Gasteiger partial charge in [-0.15, -0.1) is 0 Å². The van der Waals surface area contributed by atoms with Crippen molar-refractivity contribution in [3.63, 3.8) is 0 Å². The highest BCUT2D eigenvalue weighted by molar-refractivity contribution is 5.81. The van der Waals surface area contributed by atoms with E-state index >= 15 is 0 Å². The number of rotatable bonds is 4. The van der Waals surface area contributed by atoms with Crippen molar-refractivity contribution in [3.8, 4) is 17.2 Å². The van der Waals surface area contributed by atoms with Crippen molar-refractivity contribution in [3.05, 3.63) is 48.3 Å². The third kappa shape index (κ3) is 2.14. The van der Waals surface area contributed by atoms with E-state index in [-0.39, 0.29) is 0 Å². The fraction of sp³-hybridized carbons (Fsp3) is 0.350. The predicted molar refractivity (Wildman–Crippen MR) is 91.4 cm³/mol. The summed E-state index contributed by atoms with van der Waals surface area (Å²) in [6.07, 6.45) is 5.88. The van der Waals surface area contributed by atoms with Crippen molar-refractivity contribution >= 4 is 11.0 Å². The van der Waals surface area contributed by atoms with Gasteiger partial charge in [0.25, 0.3) is 0 Å². The van der Waals surface area contributed by atoms with Crippen LogP contribution in [0.4, 0.5) is 0 Å². The van der Waals surface area contributed by atoms with E-state index in [1.807, 2.05) is 0 Å². The highest BCUT2D eigenvalue weighted by Crippen LogP contribution is 2.40. The highest BCUT2D eigenvalue weighted by atomic mass is 16.5. The maximum absolute atomic E-state index is 6.31. The number of imidazole rings is 1. The van der Waals surface area contributed by atoms with Crippen LogP contribution in [0.15, 0.2) is 36.4 Å². The Hall–Kier alpha value is -2.29. The zero-order valence-corrected chi connectivity index (χ0v) is 14.0. The molecule has 0 spiro atoms. The smallest absolute Gasteiger partial charge is 0.244 e. The summed E-state index contributed by atoms with van der Waals surface area (Å²) in [5.74, 6) is 2.32. The molecule has 1 aliphatic heterocycles. The monoisotopic (exact) mass is 306 g/mol. The minimum atomic E-state index is 0.425. The molecule has 0 bridgehead atoms. The van der Waals surface area contributed by atoms with Gasteiger partial charge in [-0.2, -0.15) is 0 Å². The molecule has 4 rings (SSSR count). The zero-order valence-electron chi connectivity index (χ0n) is 14.0. The van der Waals surface area contributed by atoms with Gasteiger partial charge in [0, 0.05) is 0 Å². The van der Waals surface area contributed by atoms with Gasteiger partial charge in [-0.05, 0) is 24.0 Å². The Balaban J connectivity index is 1.97. The number of ether oxygens (including phenoxy) is 1. The fourth-order valence-electron chi connectivity index (χ4n) is 3.32. The third-order valence-electron chi connectivity index (χ3n) is 4.55. The molecule has 0 aliphatic carbocycles. The van der Waals surface area contributed by atoms with Crippen molar-refractivity contribution < 1.29 is 9.30 Å². The van der Waals surface area contributed by atoms with Crippen LogP contribution >= 0.6 is 0 Å². The Bertz CT molecular complexity index is 877. The summed E-state index contributed by atoms with van der Waals surface area (Å²) in [4.78, 5) is 0. The number of benzene rings is 2. The Morgan fingerprint density at radius 2 is 2.00 bits per heavy atom. The van der Waals surface area contributed by atoms with Gasteiger partial charge in [-0.1, -0.05) is 57.5 Å². The van der Waals surface area contributed by atoms with Crippen molar-refractivity contribution in [2.75, 3.05) is 0 Å². The van der Waals surface area contributed by atoms with E-state index in [1.54, 1.807) is 0 Å². The lowest BCUT2D eigenvalue weighted by Crippen LogP contribution is -2.33. The lowest BCUT2D eigenvalue weighted by molar-refractivity contribution is -0.575. The average molecular weight is 306 g/mol. The molecule has 0 radical (unpaired) electrons. The van der Waals surface area contributed by atoms with Gasteiger partial charge in [0.15, 0.2) is 0 Å². The molecule has 118 valence electrons. The minimum Gasteiger partial charge on any atom is -0.469 e.